The lowest BCUT2D eigenvalue weighted by molar-refractivity contribution is -0.142. The molecule has 0 saturated heterocycles. The van der Waals surface area contributed by atoms with E-state index < -0.39 is 12.0 Å². The molecule has 0 unspecified atom stereocenters. The summed E-state index contributed by atoms with van der Waals surface area (Å²) in [5.74, 6) is -0.816. The number of hydrogen-bond acceptors (Lipinski definition) is 2. The Morgan fingerprint density at radius 3 is 2.16 bits per heavy atom. The van der Waals surface area contributed by atoms with Crippen LogP contribution in [-0.2, 0) is 9.59 Å². The van der Waals surface area contributed by atoms with E-state index in [1.807, 2.05) is 13.8 Å². The van der Waals surface area contributed by atoms with Crippen LogP contribution < -0.4 is 5.32 Å². The van der Waals surface area contributed by atoms with Crippen LogP contribution in [0.25, 0.3) is 0 Å². The van der Waals surface area contributed by atoms with E-state index >= 15 is 0 Å². The molecule has 112 valence electrons. The standard InChI is InChI=1S/C15H29NO3/c1-4-5-6-7-8-9-10-14(17)16-13(15(18)19)11-12(2)3/h12-13H,4-11H2,1-3H3,(H,16,17)(H,18,19)/t13-/m1/s1. The fourth-order valence-electron chi connectivity index (χ4n) is 2.03. The third-order valence-corrected chi connectivity index (χ3v) is 3.10. The number of nitrogens with one attached hydrogen (secondary N) is 1. The maximum Gasteiger partial charge on any atom is 0.326 e. The molecule has 0 aromatic heterocycles. The zero-order valence-corrected chi connectivity index (χ0v) is 12.6. The maximum absolute atomic E-state index is 11.7. The molecule has 2 N–H and O–H groups in total. The quantitative estimate of drug-likeness (QED) is 0.566. The minimum absolute atomic E-state index is 0.136. The minimum Gasteiger partial charge on any atom is -0.480 e. The third-order valence-electron chi connectivity index (χ3n) is 3.10. The first-order valence-corrected chi connectivity index (χ1v) is 7.49. The van der Waals surface area contributed by atoms with Crippen LogP contribution in [0.2, 0.25) is 0 Å². The van der Waals surface area contributed by atoms with Gasteiger partial charge in [0.1, 0.15) is 6.04 Å². The summed E-state index contributed by atoms with van der Waals surface area (Å²) in [6.07, 6.45) is 7.68. The van der Waals surface area contributed by atoms with E-state index in [9.17, 15) is 9.59 Å². The van der Waals surface area contributed by atoms with Gasteiger partial charge in [-0.1, -0.05) is 52.9 Å². The molecule has 0 fully saturated rings. The lowest BCUT2D eigenvalue weighted by Gasteiger charge is -2.16. The Balaban J connectivity index is 3.78. The number of carboxylic acid groups (broad SMARTS) is 1. The Hall–Kier alpha value is -1.06. The van der Waals surface area contributed by atoms with Crippen LogP contribution in [-0.4, -0.2) is 23.0 Å². The van der Waals surface area contributed by atoms with Gasteiger partial charge in [-0.15, -0.1) is 0 Å². The summed E-state index contributed by atoms with van der Waals surface area (Å²) in [5.41, 5.74) is 0. The predicted octanol–water partition coefficient (Wildman–Crippen LogP) is 3.35. The summed E-state index contributed by atoms with van der Waals surface area (Å²) in [5, 5.41) is 11.6. The molecule has 0 aromatic carbocycles. The number of unbranched alkanes of at least 4 members (excludes halogenated alkanes) is 5. The largest absolute Gasteiger partial charge is 0.480 e. The lowest BCUT2D eigenvalue weighted by Crippen LogP contribution is -2.41. The van der Waals surface area contributed by atoms with Crippen molar-refractivity contribution in [3.05, 3.63) is 0 Å². The summed E-state index contributed by atoms with van der Waals surface area (Å²) in [4.78, 5) is 22.7. The molecule has 0 bridgehead atoms. The first-order chi connectivity index (χ1) is 8.97. The van der Waals surface area contributed by atoms with Crippen LogP contribution in [0.3, 0.4) is 0 Å². The number of aliphatic carboxylic acids is 1. The van der Waals surface area contributed by atoms with Crippen molar-refractivity contribution in [1.29, 1.82) is 0 Å². The highest BCUT2D eigenvalue weighted by molar-refractivity contribution is 5.83. The van der Waals surface area contributed by atoms with Gasteiger partial charge in [-0.3, -0.25) is 4.79 Å². The highest BCUT2D eigenvalue weighted by Gasteiger charge is 2.20. The Morgan fingerprint density at radius 1 is 1.05 bits per heavy atom. The molecule has 0 radical (unpaired) electrons. The number of hydrogen-bond donors (Lipinski definition) is 2. The van der Waals surface area contributed by atoms with Gasteiger partial charge in [0.15, 0.2) is 0 Å². The zero-order valence-electron chi connectivity index (χ0n) is 12.6. The van der Waals surface area contributed by atoms with E-state index in [-0.39, 0.29) is 11.8 Å². The van der Waals surface area contributed by atoms with Crippen LogP contribution in [0.5, 0.6) is 0 Å². The van der Waals surface area contributed by atoms with E-state index in [1.165, 1.54) is 19.3 Å². The van der Waals surface area contributed by atoms with E-state index in [1.54, 1.807) is 0 Å². The van der Waals surface area contributed by atoms with Crippen LogP contribution >= 0.6 is 0 Å². The highest BCUT2D eigenvalue weighted by Crippen LogP contribution is 2.08. The van der Waals surface area contributed by atoms with Gasteiger partial charge >= 0.3 is 5.97 Å². The first kappa shape index (κ1) is 17.9. The van der Waals surface area contributed by atoms with Crippen LogP contribution in [0.15, 0.2) is 0 Å². The number of amides is 1. The zero-order chi connectivity index (χ0) is 14.7. The molecule has 4 heteroatoms. The van der Waals surface area contributed by atoms with Gasteiger partial charge in [-0.25, -0.2) is 4.79 Å². The van der Waals surface area contributed by atoms with Gasteiger partial charge in [0, 0.05) is 6.42 Å². The van der Waals surface area contributed by atoms with Crippen molar-refractivity contribution in [1.82, 2.24) is 5.32 Å². The van der Waals surface area contributed by atoms with Gasteiger partial charge in [0.05, 0.1) is 0 Å². The topological polar surface area (TPSA) is 66.4 Å². The molecule has 0 aliphatic carbocycles. The van der Waals surface area contributed by atoms with E-state index in [0.29, 0.717) is 12.8 Å². The lowest BCUT2D eigenvalue weighted by atomic mass is 10.0. The minimum atomic E-state index is -0.940. The molecule has 0 heterocycles. The van der Waals surface area contributed by atoms with Gasteiger partial charge < -0.3 is 10.4 Å². The summed E-state index contributed by atoms with van der Waals surface area (Å²) in [7, 11) is 0. The molecule has 0 aliphatic heterocycles. The average Bonchev–Trinajstić information content (AvgIpc) is 2.32. The van der Waals surface area contributed by atoms with Crippen molar-refractivity contribution in [3.63, 3.8) is 0 Å². The fourth-order valence-corrected chi connectivity index (χ4v) is 2.03. The molecule has 0 aromatic rings. The van der Waals surface area contributed by atoms with Crippen molar-refractivity contribution in [2.75, 3.05) is 0 Å². The highest BCUT2D eigenvalue weighted by atomic mass is 16.4. The number of rotatable bonds is 11. The van der Waals surface area contributed by atoms with E-state index in [0.717, 1.165) is 19.3 Å². The van der Waals surface area contributed by atoms with Crippen LogP contribution in [0.1, 0.15) is 72.1 Å². The second-order valence-corrected chi connectivity index (χ2v) is 5.61. The Labute approximate surface area is 117 Å². The Kier molecular flexibility index (Phi) is 10.2. The van der Waals surface area contributed by atoms with E-state index in [4.69, 9.17) is 5.11 Å². The molecular weight excluding hydrogens is 242 g/mol. The number of carbonyl (C=O) groups excluding carboxylic acids is 1. The summed E-state index contributed by atoms with van der Waals surface area (Å²) in [6, 6.07) is -0.743. The smallest absolute Gasteiger partial charge is 0.326 e. The SMILES string of the molecule is CCCCCCCCC(=O)N[C@H](CC(C)C)C(=O)O. The fraction of sp³-hybridized carbons (Fsp3) is 0.867. The average molecular weight is 271 g/mol. The number of carbonyl (C=O) groups is 2. The van der Waals surface area contributed by atoms with Crippen molar-refractivity contribution >= 4 is 11.9 Å². The maximum atomic E-state index is 11.7. The molecule has 0 saturated carbocycles. The first-order valence-electron chi connectivity index (χ1n) is 7.49. The molecule has 0 rings (SSSR count). The molecule has 1 atom stereocenters. The predicted molar refractivity (Wildman–Crippen MR) is 77.0 cm³/mol. The Bertz CT molecular complexity index is 264. The van der Waals surface area contributed by atoms with Crippen molar-refractivity contribution in [3.8, 4) is 0 Å². The summed E-state index contributed by atoms with van der Waals surface area (Å²) >= 11 is 0. The van der Waals surface area contributed by atoms with Crippen molar-refractivity contribution < 1.29 is 14.7 Å². The van der Waals surface area contributed by atoms with Crippen molar-refractivity contribution in [2.45, 2.75) is 78.2 Å². The molecule has 1 amide bonds. The molecular formula is C15H29NO3. The van der Waals surface area contributed by atoms with Gasteiger partial charge in [0.25, 0.3) is 0 Å². The second-order valence-electron chi connectivity index (χ2n) is 5.61. The summed E-state index contributed by atoms with van der Waals surface area (Å²) < 4.78 is 0. The van der Waals surface area contributed by atoms with Crippen LogP contribution in [0.4, 0.5) is 0 Å². The Morgan fingerprint density at radius 2 is 1.63 bits per heavy atom. The van der Waals surface area contributed by atoms with Crippen LogP contribution in [0, 0.1) is 5.92 Å². The molecule has 0 spiro atoms. The second kappa shape index (κ2) is 10.8. The molecule has 19 heavy (non-hydrogen) atoms. The van der Waals surface area contributed by atoms with E-state index in [2.05, 4.69) is 12.2 Å². The third kappa shape index (κ3) is 10.5. The van der Waals surface area contributed by atoms with Gasteiger partial charge in [0.2, 0.25) is 5.91 Å². The van der Waals surface area contributed by atoms with Gasteiger partial charge in [-0.05, 0) is 18.8 Å². The monoisotopic (exact) mass is 271 g/mol. The molecule has 0 aliphatic rings. The van der Waals surface area contributed by atoms with Gasteiger partial charge in [-0.2, -0.15) is 0 Å². The number of carboxylic acids is 1. The normalized spacial score (nSPS) is 12.4. The van der Waals surface area contributed by atoms with Crippen molar-refractivity contribution in [2.24, 2.45) is 5.92 Å². The summed E-state index contributed by atoms with van der Waals surface area (Å²) in [6.45, 7) is 6.08. The molecule has 4 nitrogen and oxygen atoms in total.